The van der Waals surface area contributed by atoms with E-state index in [1.54, 1.807) is 0 Å². The fourth-order valence-electron chi connectivity index (χ4n) is 3.89. The predicted molar refractivity (Wildman–Crippen MR) is 64.3 cm³/mol. The lowest BCUT2D eigenvalue weighted by molar-refractivity contribution is 0.0242. The van der Waals surface area contributed by atoms with Gasteiger partial charge in [-0.3, -0.25) is 4.90 Å². The van der Waals surface area contributed by atoms with Crippen LogP contribution in [0.15, 0.2) is 0 Å². The number of sulfone groups is 1. The van der Waals surface area contributed by atoms with Gasteiger partial charge in [0.15, 0.2) is 9.84 Å². The minimum Gasteiger partial charge on any atom is -0.390 e. The van der Waals surface area contributed by atoms with Gasteiger partial charge in [-0.05, 0) is 25.7 Å². The molecule has 0 aromatic rings. The van der Waals surface area contributed by atoms with E-state index in [1.165, 1.54) is 0 Å². The molecule has 0 aliphatic carbocycles. The first-order valence-electron chi connectivity index (χ1n) is 6.38. The van der Waals surface area contributed by atoms with Crippen molar-refractivity contribution in [2.75, 3.05) is 11.5 Å². The minimum absolute atomic E-state index is 0.0698. The third-order valence-corrected chi connectivity index (χ3v) is 6.20. The SMILES string of the molecule is NC1CC2CCC(C1)N2C1CS(=O)(=O)CC1O. The molecule has 0 spiro atoms. The van der Waals surface area contributed by atoms with Crippen LogP contribution in [0.25, 0.3) is 0 Å². The Morgan fingerprint density at radius 1 is 1.12 bits per heavy atom. The molecule has 3 saturated heterocycles. The zero-order chi connectivity index (χ0) is 12.2. The minimum atomic E-state index is -3.05. The average molecular weight is 260 g/mol. The molecule has 6 heteroatoms. The lowest BCUT2D eigenvalue weighted by Crippen LogP contribution is -2.55. The number of aliphatic hydroxyl groups is 1. The Hall–Kier alpha value is -0.170. The van der Waals surface area contributed by atoms with E-state index in [4.69, 9.17) is 5.73 Å². The summed E-state index contributed by atoms with van der Waals surface area (Å²) >= 11 is 0. The van der Waals surface area contributed by atoms with Crippen LogP contribution in [0.4, 0.5) is 0 Å². The van der Waals surface area contributed by atoms with E-state index in [0.717, 1.165) is 25.7 Å². The zero-order valence-electron chi connectivity index (χ0n) is 9.83. The maximum Gasteiger partial charge on any atom is 0.154 e. The molecule has 2 bridgehead atoms. The van der Waals surface area contributed by atoms with E-state index in [9.17, 15) is 13.5 Å². The van der Waals surface area contributed by atoms with Crippen LogP contribution >= 0.6 is 0 Å². The van der Waals surface area contributed by atoms with Gasteiger partial charge in [0.25, 0.3) is 0 Å². The van der Waals surface area contributed by atoms with E-state index in [-0.39, 0.29) is 23.6 Å². The van der Waals surface area contributed by atoms with E-state index in [0.29, 0.717) is 12.1 Å². The molecule has 17 heavy (non-hydrogen) atoms. The van der Waals surface area contributed by atoms with Crippen molar-refractivity contribution in [2.24, 2.45) is 5.73 Å². The summed E-state index contributed by atoms with van der Waals surface area (Å²) in [6.07, 6.45) is 3.38. The Morgan fingerprint density at radius 3 is 2.18 bits per heavy atom. The molecule has 98 valence electrons. The summed E-state index contributed by atoms with van der Waals surface area (Å²) in [5.41, 5.74) is 6.00. The summed E-state index contributed by atoms with van der Waals surface area (Å²) in [5.74, 6) is 0.0517. The number of aliphatic hydroxyl groups excluding tert-OH is 1. The van der Waals surface area contributed by atoms with Crippen molar-refractivity contribution >= 4 is 9.84 Å². The van der Waals surface area contributed by atoms with Crippen LogP contribution in [0.2, 0.25) is 0 Å². The van der Waals surface area contributed by atoms with Crippen LogP contribution < -0.4 is 5.73 Å². The van der Waals surface area contributed by atoms with Crippen molar-refractivity contribution in [2.45, 2.75) is 56.0 Å². The molecule has 0 aromatic carbocycles. The molecule has 3 heterocycles. The van der Waals surface area contributed by atoms with Gasteiger partial charge < -0.3 is 10.8 Å². The predicted octanol–water partition coefficient (Wildman–Crippen LogP) is -0.902. The molecule has 3 N–H and O–H groups in total. The number of nitrogens with zero attached hydrogens (tertiary/aromatic N) is 1. The van der Waals surface area contributed by atoms with Gasteiger partial charge in [-0.1, -0.05) is 0 Å². The Labute approximate surface area is 102 Å². The summed E-state index contributed by atoms with van der Waals surface area (Å²) < 4.78 is 23.2. The molecule has 3 fully saturated rings. The molecule has 0 radical (unpaired) electrons. The molecule has 3 rings (SSSR count). The highest BCUT2D eigenvalue weighted by Crippen LogP contribution is 2.39. The summed E-state index contributed by atoms with van der Waals surface area (Å²) in [7, 11) is -3.05. The van der Waals surface area contributed by atoms with Gasteiger partial charge in [-0.2, -0.15) is 0 Å². The maximum atomic E-state index is 11.6. The monoisotopic (exact) mass is 260 g/mol. The third kappa shape index (κ3) is 2.01. The summed E-state index contributed by atoms with van der Waals surface area (Å²) in [4.78, 5) is 2.26. The van der Waals surface area contributed by atoms with Crippen LogP contribution in [0.1, 0.15) is 25.7 Å². The quantitative estimate of drug-likeness (QED) is 0.638. The first kappa shape index (κ1) is 11.9. The summed E-state index contributed by atoms with van der Waals surface area (Å²) in [6, 6.07) is 0.831. The molecule has 5 nitrogen and oxygen atoms in total. The van der Waals surface area contributed by atoms with Crippen LogP contribution in [-0.2, 0) is 9.84 Å². The second kappa shape index (κ2) is 3.91. The number of hydrogen-bond acceptors (Lipinski definition) is 5. The second-order valence-electron chi connectivity index (χ2n) is 5.78. The van der Waals surface area contributed by atoms with E-state index in [2.05, 4.69) is 4.90 Å². The molecule has 0 saturated carbocycles. The highest BCUT2D eigenvalue weighted by molar-refractivity contribution is 7.91. The Bertz CT molecular complexity index is 397. The van der Waals surface area contributed by atoms with E-state index >= 15 is 0 Å². The van der Waals surface area contributed by atoms with Gasteiger partial charge in [0.2, 0.25) is 0 Å². The molecular weight excluding hydrogens is 240 g/mol. The number of piperidine rings is 1. The molecule has 3 aliphatic heterocycles. The smallest absolute Gasteiger partial charge is 0.154 e. The first-order valence-corrected chi connectivity index (χ1v) is 8.20. The molecule has 4 atom stereocenters. The number of rotatable bonds is 1. The van der Waals surface area contributed by atoms with Crippen molar-refractivity contribution in [3.8, 4) is 0 Å². The van der Waals surface area contributed by atoms with Gasteiger partial charge >= 0.3 is 0 Å². The van der Waals surface area contributed by atoms with Crippen molar-refractivity contribution in [1.82, 2.24) is 4.90 Å². The van der Waals surface area contributed by atoms with Crippen LogP contribution in [0.3, 0.4) is 0 Å². The van der Waals surface area contributed by atoms with Crippen LogP contribution in [-0.4, -0.2) is 60.2 Å². The lowest BCUT2D eigenvalue weighted by Gasteiger charge is -2.42. The molecule has 3 aliphatic rings. The number of fused-ring (bicyclic) bond motifs is 2. The lowest BCUT2D eigenvalue weighted by atomic mass is 9.95. The molecule has 0 amide bonds. The highest BCUT2D eigenvalue weighted by Gasteiger charge is 2.49. The van der Waals surface area contributed by atoms with Crippen molar-refractivity contribution in [1.29, 1.82) is 0 Å². The number of hydrogen-bond donors (Lipinski definition) is 2. The van der Waals surface area contributed by atoms with Gasteiger partial charge in [0, 0.05) is 18.1 Å². The highest BCUT2D eigenvalue weighted by atomic mass is 32.2. The summed E-state index contributed by atoms with van der Waals surface area (Å²) in [6.45, 7) is 0. The van der Waals surface area contributed by atoms with E-state index in [1.807, 2.05) is 0 Å². The van der Waals surface area contributed by atoms with Gasteiger partial charge in [0.05, 0.1) is 23.7 Å². The Kier molecular flexibility index (Phi) is 2.74. The average Bonchev–Trinajstić information content (AvgIpc) is 2.61. The normalized spacial score (nSPS) is 49.6. The summed E-state index contributed by atoms with van der Waals surface area (Å²) in [5, 5.41) is 9.95. The zero-order valence-corrected chi connectivity index (χ0v) is 10.6. The number of nitrogens with two attached hydrogens (primary N) is 1. The van der Waals surface area contributed by atoms with Crippen molar-refractivity contribution in [3.63, 3.8) is 0 Å². The largest absolute Gasteiger partial charge is 0.390 e. The molecular formula is C11H20N2O3S. The van der Waals surface area contributed by atoms with Crippen LogP contribution in [0.5, 0.6) is 0 Å². The van der Waals surface area contributed by atoms with Gasteiger partial charge in [-0.15, -0.1) is 0 Å². The molecule has 0 aromatic heterocycles. The third-order valence-electron chi connectivity index (χ3n) is 4.50. The second-order valence-corrected chi connectivity index (χ2v) is 7.93. The van der Waals surface area contributed by atoms with Gasteiger partial charge in [0.1, 0.15) is 0 Å². The fourth-order valence-corrected chi connectivity index (χ4v) is 5.69. The van der Waals surface area contributed by atoms with E-state index < -0.39 is 15.9 Å². The molecule has 4 unspecified atom stereocenters. The maximum absolute atomic E-state index is 11.6. The first-order chi connectivity index (χ1) is 7.96. The Balaban J connectivity index is 1.82. The van der Waals surface area contributed by atoms with Gasteiger partial charge in [-0.25, -0.2) is 8.42 Å². The topological polar surface area (TPSA) is 83.6 Å². The van der Waals surface area contributed by atoms with Crippen LogP contribution in [0, 0.1) is 0 Å². The van der Waals surface area contributed by atoms with Crippen molar-refractivity contribution < 1.29 is 13.5 Å². The Morgan fingerprint density at radius 2 is 1.71 bits per heavy atom. The fraction of sp³-hybridized carbons (Fsp3) is 1.00. The standard InChI is InChI=1S/C11H20N2O3S/c12-7-3-8-1-2-9(4-7)13(8)10-5-17(15,16)6-11(10)14/h7-11,14H,1-6,12H2. The van der Waals surface area contributed by atoms with Crippen molar-refractivity contribution in [3.05, 3.63) is 0 Å².